The SMILES string of the molecule is COc1ccc(-c2nc3n(n2)[C@H](c2ccc(OC)c(OC)c2)C2=C(CC(C)(C)CC2=O)N3)cc1OC. The smallest absolute Gasteiger partial charge is 0.226 e. The number of methoxy groups -OCH3 is 4. The largest absolute Gasteiger partial charge is 0.493 e. The molecule has 5 rings (SSSR count). The third-order valence-corrected chi connectivity index (χ3v) is 6.70. The second-order valence-corrected chi connectivity index (χ2v) is 9.75. The number of carbonyl (C=O) groups excluding carboxylic acids is 1. The van der Waals surface area contributed by atoms with E-state index in [0.29, 0.717) is 46.8 Å². The molecule has 0 bridgehead atoms. The molecule has 0 fully saturated rings. The molecule has 1 aliphatic heterocycles. The number of nitrogens with one attached hydrogen (secondary N) is 1. The number of hydrogen-bond donors (Lipinski definition) is 1. The lowest BCUT2D eigenvalue weighted by molar-refractivity contribution is -0.118. The fourth-order valence-corrected chi connectivity index (χ4v) is 5.04. The van der Waals surface area contributed by atoms with Crippen LogP contribution in [-0.2, 0) is 4.79 Å². The number of hydrogen-bond acceptors (Lipinski definition) is 8. The number of benzene rings is 2. The number of allylic oxidation sites excluding steroid dienone is 2. The molecule has 0 radical (unpaired) electrons. The highest BCUT2D eigenvalue weighted by Gasteiger charge is 2.42. The summed E-state index contributed by atoms with van der Waals surface area (Å²) in [5, 5.41) is 8.27. The van der Waals surface area contributed by atoms with Crippen molar-refractivity contribution in [2.75, 3.05) is 33.8 Å². The van der Waals surface area contributed by atoms with Crippen molar-refractivity contribution in [2.45, 2.75) is 32.7 Å². The molecule has 2 heterocycles. The number of Topliss-reactive ketones (excluding diaryl/α,β-unsaturated/α-hetero) is 1. The van der Waals surface area contributed by atoms with E-state index < -0.39 is 6.04 Å². The Hall–Kier alpha value is -4.01. The fourth-order valence-electron chi connectivity index (χ4n) is 5.04. The van der Waals surface area contributed by atoms with Crippen molar-refractivity contribution in [3.05, 3.63) is 53.2 Å². The number of rotatable bonds is 6. The Bertz CT molecular complexity index is 1370. The minimum absolute atomic E-state index is 0.0994. The van der Waals surface area contributed by atoms with E-state index in [1.807, 2.05) is 36.4 Å². The monoisotopic (exact) mass is 490 g/mol. The Morgan fingerprint density at radius 2 is 1.53 bits per heavy atom. The molecule has 36 heavy (non-hydrogen) atoms. The number of ketones is 1. The third-order valence-electron chi connectivity index (χ3n) is 6.70. The maximum absolute atomic E-state index is 13.5. The number of carbonyl (C=O) groups is 1. The predicted molar refractivity (Wildman–Crippen MR) is 135 cm³/mol. The van der Waals surface area contributed by atoms with Gasteiger partial charge in [0.25, 0.3) is 0 Å². The van der Waals surface area contributed by atoms with E-state index in [9.17, 15) is 4.79 Å². The van der Waals surface area contributed by atoms with Crippen LogP contribution in [0.2, 0.25) is 0 Å². The first-order chi connectivity index (χ1) is 17.3. The zero-order valence-corrected chi connectivity index (χ0v) is 21.3. The van der Waals surface area contributed by atoms with E-state index in [-0.39, 0.29) is 11.2 Å². The first-order valence-corrected chi connectivity index (χ1v) is 11.7. The molecule has 1 aliphatic carbocycles. The second-order valence-electron chi connectivity index (χ2n) is 9.75. The van der Waals surface area contributed by atoms with E-state index >= 15 is 0 Å². The highest BCUT2D eigenvalue weighted by Crippen LogP contribution is 2.47. The summed E-state index contributed by atoms with van der Waals surface area (Å²) in [7, 11) is 6.38. The van der Waals surface area contributed by atoms with Crippen molar-refractivity contribution in [3.63, 3.8) is 0 Å². The van der Waals surface area contributed by atoms with Crippen LogP contribution < -0.4 is 24.3 Å². The molecule has 188 valence electrons. The maximum atomic E-state index is 13.5. The predicted octanol–water partition coefficient (Wildman–Crippen LogP) is 4.64. The summed E-state index contributed by atoms with van der Waals surface area (Å²) in [5.41, 5.74) is 3.07. The Labute approximate surface area is 210 Å². The van der Waals surface area contributed by atoms with Crippen molar-refractivity contribution >= 4 is 11.7 Å². The Morgan fingerprint density at radius 1 is 0.889 bits per heavy atom. The summed E-state index contributed by atoms with van der Waals surface area (Å²) in [4.78, 5) is 18.3. The molecule has 0 saturated heterocycles. The number of nitrogens with zero attached hydrogens (tertiary/aromatic N) is 3. The minimum atomic E-state index is -0.457. The van der Waals surface area contributed by atoms with Gasteiger partial charge in [0.05, 0.1) is 28.4 Å². The topological polar surface area (TPSA) is 96.7 Å². The lowest BCUT2D eigenvalue weighted by Crippen LogP contribution is -2.36. The van der Waals surface area contributed by atoms with Crippen LogP contribution >= 0.6 is 0 Å². The average Bonchev–Trinajstić information content (AvgIpc) is 3.29. The van der Waals surface area contributed by atoms with Crippen LogP contribution in [0, 0.1) is 5.41 Å². The molecule has 1 atom stereocenters. The minimum Gasteiger partial charge on any atom is -0.493 e. The van der Waals surface area contributed by atoms with Gasteiger partial charge in [-0.3, -0.25) is 4.79 Å². The Morgan fingerprint density at radius 3 is 2.19 bits per heavy atom. The summed E-state index contributed by atoms with van der Waals surface area (Å²) in [6.45, 7) is 4.21. The molecule has 0 spiro atoms. The second kappa shape index (κ2) is 8.89. The maximum Gasteiger partial charge on any atom is 0.226 e. The molecule has 1 N–H and O–H groups in total. The van der Waals surface area contributed by atoms with Gasteiger partial charge >= 0.3 is 0 Å². The molecule has 0 amide bonds. The average molecular weight is 491 g/mol. The van der Waals surface area contributed by atoms with Crippen LogP contribution in [0.5, 0.6) is 23.0 Å². The molecule has 0 unspecified atom stereocenters. The van der Waals surface area contributed by atoms with Crippen molar-refractivity contribution in [3.8, 4) is 34.4 Å². The molecule has 2 aliphatic rings. The van der Waals surface area contributed by atoms with Gasteiger partial charge in [-0.15, -0.1) is 5.10 Å². The number of anilines is 1. The van der Waals surface area contributed by atoms with Crippen LogP contribution in [0.15, 0.2) is 47.7 Å². The van der Waals surface area contributed by atoms with Gasteiger partial charge in [0.2, 0.25) is 5.95 Å². The molecule has 0 saturated carbocycles. The molecule has 9 nitrogen and oxygen atoms in total. The van der Waals surface area contributed by atoms with E-state index in [4.69, 9.17) is 29.0 Å². The zero-order chi connectivity index (χ0) is 25.6. The van der Waals surface area contributed by atoms with E-state index in [2.05, 4.69) is 19.2 Å². The third kappa shape index (κ3) is 3.94. The van der Waals surface area contributed by atoms with Gasteiger partial charge in [-0.25, -0.2) is 4.68 Å². The summed E-state index contributed by atoms with van der Waals surface area (Å²) < 4.78 is 23.6. The normalized spacial score (nSPS) is 18.2. The van der Waals surface area contributed by atoms with Crippen molar-refractivity contribution in [1.29, 1.82) is 0 Å². The van der Waals surface area contributed by atoms with Crippen molar-refractivity contribution in [2.24, 2.45) is 5.41 Å². The van der Waals surface area contributed by atoms with Crippen LogP contribution in [0.4, 0.5) is 5.95 Å². The van der Waals surface area contributed by atoms with Gasteiger partial charge in [-0.2, -0.15) is 4.98 Å². The Balaban J connectivity index is 1.67. The fraction of sp³-hybridized carbons (Fsp3) is 0.370. The molecule has 9 heteroatoms. The van der Waals surface area contributed by atoms with Gasteiger partial charge in [0, 0.05) is 23.3 Å². The van der Waals surface area contributed by atoms with Crippen molar-refractivity contribution in [1.82, 2.24) is 14.8 Å². The number of fused-ring (bicyclic) bond motifs is 1. The van der Waals surface area contributed by atoms with Gasteiger partial charge < -0.3 is 24.3 Å². The van der Waals surface area contributed by atoms with Gasteiger partial charge in [0.1, 0.15) is 6.04 Å². The highest BCUT2D eigenvalue weighted by atomic mass is 16.5. The molecular formula is C27H30N4O5. The summed E-state index contributed by atoms with van der Waals surface area (Å²) in [6.07, 6.45) is 1.19. The lowest BCUT2D eigenvalue weighted by Gasteiger charge is -2.38. The Kier molecular flexibility index (Phi) is 5.86. The molecule has 3 aromatic rings. The van der Waals surface area contributed by atoms with Crippen molar-refractivity contribution < 1.29 is 23.7 Å². The first kappa shape index (κ1) is 23.7. The molecule has 1 aromatic heterocycles. The molecule has 2 aromatic carbocycles. The lowest BCUT2D eigenvalue weighted by atomic mass is 9.73. The van der Waals surface area contributed by atoms with Crippen LogP contribution in [0.25, 0.3) is 11.4 Å². The summed E-state index contributed by atoms with van der Waals surface area (Å²) >= 11 is 0. The summed E-state index contributed by atoms with van der Waals surface area (Å²) in [6, 6.07) is 10.8. The summed E-state index contributed by atoms with van der Waals surface area (Å²) in [5.74, 6) is 3.59. The van der Waals surface area contributed by atoms with Gasteiger partial charge in [0.15, 0.2) is 34.6 Å². The van der Waals surface area contributed by atoms with E-state index in [0.717, 1.165) is 23.2 Å². The standard InChI is InChI=1S/C27H30N4O5/c1-27(2)13-17-23(18(32)14-27)24(15-7-9-19(33-3)21(11-15)35-5)31-26(28-17)29-25(30-31)16-8-10-20(34-4)22(12-16)36-6/h7-12,24H,13-14H2,1-6H3,(H,28,29,30)/t24-/m1/s1. The number of aromatic nitrogens is 3. The van der Waals surface area contributed by atoms with Gasteiger partial charge in [-0.05, 0) is 47.7 Å². The van der Waals surface area contributed by atoms with E-state index in [1.165, 1.54) is 0 Å². The van der Waals surface area contributed by atoms with Crippen LogP contribution in [-0.4, -0.2) is 49.0 Å². The quantitative estimate of drug-likeness (QED) is 0.534. The van der Waals surface area contributed by atoms with Crippen LogP contribution in [0.1, 0.15) is 38.3 Å². The van der Waals surface area contributed by atoms with Crippen LogP contribution in [0.3, 0.4) is 0 Å². The number of ether oxygens (including phenoxy) is 4. The molecular weight excluding hydrogens is 460 g/mol. The highest BCUT2D eigenvalue weighted by molar-refractivity contribution is 6.00. The first-order valence-electron chi connectivity index (χ1n) is 11.7. The van der Waals surface area contributed by atoms with E-state index in [1.54, 1.807) is 33.1 Å². The zero-order valence-electron chi connectivity index (χ0n) is 21.3. The van der Waals surface area contributed by atoms with Gasteiger partial charge in [-0.1, -0.05) is 19.9 Å².